The van der Waals surface area contributed by atoms with Crippen LogP contribution in [0.4, 0.5) is 4.39 Å². The second kappa shape index (κ2) is 3.99. The number of esters is 1. The Morgan fingerprint density at radius 1 is 1.50 bits per heavy atom. The van der Waals surface area contributed by atoms with Crippen LogP contribution in [0.5, 0.6) is 0 Å². The van der Waals surface area contributed by atoms with E-state index in [2.05, 4.69) is 4.74 Å². The SMILES string of the molecule is COC(=O)C1=C(Cl)c2ccc(F)cc2S1=O. The smallest absolute Gasteiger partial charge is 0.348 e. The van der Waals surface area contributed by atoms with Gasteiger partial charge in [0.25, 0.3) is 0 Å². The van der Waals surface area contributed by atoms with E-state index in [-0.39, 0.29) is 14.8 Å². The topological polar surface area (TPSA) is 43.4 Å². The molecule has 1 aromatic carbocycles. The Balaban J connectivity index is 2.60. The summed E-state index contributed by atoms with van der Waals surface area (Å²) >= 11 is 5.89. The lowest BCUT2D eigenvalue weighted by molar-refractivity contribution is -0.135. The fraction of sp³-hybridized carbons (Fsp3) is 0.100. The van der Waals surface area contributed by atoms with Gasteiger partial charge in [-0.15, -0.1) is 0 Å². The second-order valence-corrected chi connectivity index (χ2v) is 4.81. The summed E-state index contributed by atoms with van der Waals surface area (Å²) < 4.78 is 29.3. The number of fused-ring (bicyclic) bond motifs is 1. The molecule has 2 rings (SSSR count). The maximum Gasteiger partial charge on any atom is 0.348 e. The molecular formula is C10H6ClFO3S. The van der Waals surface area contributed by atoms with E-state index in [1.54, 1.807) is 0 Å². The van der Waals surface area contributed by atoms with E-state index in [0.717, 1.165) is 6.07 Å². The molecule has 0 fully saturated rings. The van der Waals surface area contributed by atoms with E-state index in [1.165, 1.54) is 19.2 Å². The number of hydrogen-bond donors (Lipinski definition) is 0. The molecule has 0 saturated carbocycles. The van der Waals surface area contributed by atoms with Crippen LogP contribution in [0, 0.1) is 5.82 Å². The zero-order valence-electron chi connectivity index (χ0n) is 8.12. The third kappa shape index (κ3) is 1.56. The molecule has 1 aliphatic rings. The van der Waals surface area contributed by atoms with Crippen LogP contribution in [0.3, 0.4) is 0 Å². The van der Waals surface area contributed by atoms with Gasteiger partial charge in [0.2, 0.25) is 0 Å². The first-order valence-corrected chi connectivity index (χ1v) is 5.79. The van der Waals surface area contributed by atoms with Gasteiger partial charge < -0.3 is 4.74 Å². The molecule has 0 amide bonds. The van der Waals surface area contributed by atoms with Gasteiger partial charge in [0.15, 0.2) is 0 Å². The lowest BCUT2D eigenvalue weighted by atomic mass is 10.2. The van der Waals surface area contributed by atoms with E-state index in [1.807, 2.05) is 0 Å². The molecule has 0 aromatic heterocycles. The molecule has 0 spiro atoms. The normalized spacial score (nSPS) is 18.6. The van der Waals surface area contributed by atoms with Crippen LogP contribution in [0.15, 0.2) is 28.0 Å². The highest BCUT2D eigenvalue weighted by atomic mass is 35.5. The average Bonchev–Trinajstić information content (AvgIpc) is 2.51. The van der Waals surface area contributed by atoms with Crippen LogP contribution in [-0.4, -0.2) is 17.3 Å². The quantitative estimate of drug-likeness (QED) is 0.726. The van der Waals surface area contributed by atoms with Crippen molar-refractivity contribution in [3.63, 3.8) is 0 Å². The van der Waals surface area contributed by atoms with Crippen molar-refractivity contribution in [3.8, 4) is 0 Å². The van der Waals surface area contributed by atoms with Crippen molar-refractivity contribution < 1.29 is 18.1 Å². The van der Waals surface area contributed by atoms with Crippen LogP contribution in [0.2, 0.25) is 0 Å². The van der Waals surface area contributed by atoms with Crippen LogP contribution < -0.4 is 0 Å². The number of methoxy groups -OCH3 is 1. The van der Waals surface area contributed by atoms with Crippen molar-refractivity contribution in [2.75, 3.05) is 7.11 Å². The maximum absolute atomic E-state index is 13.0. The summed E-state index contributed by atoms with van der Waals surface area (Å²) in [4.78, 5) is 11.4. The Morgan fingerprint density at radius 3 is 2.81 bits per heavy atom. The molecule has 0 aliphatic carbocycles. The van der Waals surface area contributed by atoms with Gasteiger partial charge in [0.1, 0.15) is 10.7 Å². The highest BCUT2D eigenvalue weighted by Gasteiger charge is 2.33. The second-order valence-electron chi connectivity index (χ2n) is 3.04. The molecule has 0 N–H and O–H groups in total. The summed E-state index contributed by atoms with van der Waals surface area (Å²) in [6.07, 6.45) is 0. The van der Waals surface area contributed by atoms with E-state index in [9.17, 15) is 13.4 Å². The zero-order valence-corrected chi connectivity index (χ0v) is 9.69. The van der Waals surface area contributed by atoms with Crippen LogP contribution in [-0.2, 0) is 20.3 Å². The van der Waals surface area contributed by atoms with Gasteiger partial charge in [-0.05, 0) is 18.2 Å². The lowest BCUT2D eigenvalue weighted by Crippen LogP contribution is -2.07. The first-order valence-electron chi connectivity index (χ1n) is 4.26. The van der Waals surface area contributed by atoms with E-state index in [0.29, 0.717) is 5.56 Å². The molecule has 1 unspecified atom stereocenters. The Bertz CT molecular complexity index is 539. The van der Waals surface area contributed by atoms with Gasteiger partial charge in [-0.2, -0.15) is 0 Å². The highest BCUT2D eigenvalue weighted by Crippen LogP contribution is 2.39. The molecule has 1 aromatic rings. The number of halogens is 2. The molecule has 16 heavy (non-hydrogen) atoms. The van der Waals surface area contributed by atoms with Crippen molar-refractivity contribution in [3.05, 3.63) is 34.5 Å². The molecule has 0 bridgehead atoms. The predicted octanol–water partition coefficient (Wildman–Crippen LogP) is 2.03. The summed E-state index contributed by atoms with van der Waals surface area (Å²) in [7, 11) is -0.606. The number of ether oxygens (including phenoxy) is 1. The summed E-state index contributed by atoms with van der Waals surface area (Å²) in [5.41, 5.74) is 0.404. The zero-order chi connectivity index (χ0) is 11.9. The molecule has 3 nitrogen and oxygen atoms in total. The highest BCUT2D eigenvalue weighted by molar-refractivity contribution is 7.91. The summed E-state index contributed by atoms with van der Waals surface area (Å²) in [6, 6.07) is 3.68. The third-order valence-electron chi connectivity index (χ3n) is 2.14. The first kappa shape index (κ1) is 11.3. The monoisotopic (exact) mass is 260 g/mol. The summed E-state index contributed by atoms with van der Waals surface area (Å²) in [6.45, 7) is 0. The molecule has 0 radical (unpaired) electrons. The minimum atomic E-state index is -1.77. The van der Waals surface area contributed by atoms with Crippen molar-refractivity contribution >= 4 is 33.4 Å². The Kier molecular flexibility index (Phi) is 2.82. The predicted molar refractivity (Wildman–Crippen MR) is 57.6 cm³/mol. The summed E-state index contributed by atoms with van der Waals surface area (Å²) in [5.74, 6) is -1.29. The Labute approximate surface area is 98.3 Å². The molecule has 6 heteroatoms. The molecule has 84 valence electrons. The number of hydrogen-bond acceptors (Lipinski definition) is 3. The van der Waals surface area contributed by atoms with Crippen LogP contribution >= 0.6 is 11.6 Å². The molecule has 1 aliphatic heterocycles. The van der Waals surface area contributed by atoms with Crippen molar-refractivity contribution in [2.24, 2.45) is 0 Å². The molecule has 1 heterocycles. The van der Waals surface area contributed by atoms with Crippen molar-refractivity contribution in [1.82, 2.24) is 0 Å². The fourth-order valence-electron chi connectivity index (χ4n) is 1.40. The van der Waals surface area contributed by atoms with Gasteiger partial charge >= 0.3 is 5.97 Å². The lowest BCUT2D eigenvalue weighted by Gasteiger charge is -1.98. The number of rotatable bonds is 1. The van der Waals surface area contributed by atoms with Crippen LogP contribution in [0.1, 0.15) is 5.56 Å². The number of carbonyl (C=O) groups is 1. The minimum absolute atomic E-state index is 0.0557. The molecule has 0 saturated heterocycles. The Morgan fingerprint density at radius 2 is 2.19 bits per heavy atom. The van der Waals surface area contributed by atoms with Gasteiger partial charge in [-0.1, -0.05) is 11.6 Å². The van der Waals surface area contributed by atoms with E-state index >= 15 is 0 Å². The van der Waals surface area contributed by atoms with E-state index < -0.39 is 22.6 Å². The Hall–Kier alpha value is -1.20. The summed E-state index contributed by atoms with van der Waals surface area (Å²) in [5, 5.41) is 0.0557. The van der Waals surface area contributed by atoms with Crippen molar-refractivity contribution in [2.45, 2.75) is 4.90 Å². The fourth-order valence-corrected chi connectivity index (χ4v) is 3.23. The van der Waals surface area contributed by atoms with Gasteiger partial charge in [0, 0.05) is 5.56 Å². The standard InChI is InChI=1S/C10H6ClFO3S/c1-15-10(13)9-8(11)6-3-2-5(12)4-7(6)16(9)14/h2-4H,1H3. The van der Waals surface area contributed by atoms with Gasteiger partial charge in [-0.3, -0.25) is 0 Å². The van der Waals surface area contributed by atoms with Crippen LogP contribution in [0.25, 0.3) is 5.03 Å². The average molecular weight is 261 g/mol. The van der Waals surface area contributed by atoms with E-state index in [4.69, 9.17) is 11.6 Å². The number of benzene rings is 1. The number of carbonyl (C=O) groups excluding carboxylic acids is 1. The molecule has 1 atom stereocenters. The van der Waals surface area contributed by atoms with Gasteiger partial charge in [0.05, 0.1) is 27.8 Å². The molecular weight excluding hydrogens is 255 g/mol. The minimum Gasteiger partial charge on any atom is -0.465 e. The largest absolute Gasteiger partial charge is 0.465 e. The van der Waals surface area contributed by atoms with Crippen molar-refractivity contribution in [1.29, 1.82) is 0 Å². The van der Waals surface area contributed by atoms with Gasteiger partial charge in [-0.25, -0.2) is 13.4 Å². The third-order valence-corrected chi connectivity index (χ3v) is 4.12. The maximum atomic E-state index is 13.0. The first-order chi connectivity index (χ1) is 7.56.